The Kier molecular flexibility index (Phi) is 4.55. The molecule has 0 bridgehead atoms. The molecule has 114 valence electrons. The SMILES string of the molecule is COc1ncnc2c1nc(CCl)n2CCOC1CCCC1. The Morgan fingerprint density at radius 2 is 2.14 bits per heavy atom. The van der Waals surface area contributed by atoms with Gasteiger partial charge in [0, 0.05) is 6.54 Å². The number of hydrogen-bond donors (Lipinski definition) is 0. The highest BCUT2D eigenvalue weighted by atomic mass is 35.5. The molecule has 1 saturated carbocycles. The third-order valence-corrected chi connectivity index (χ3v) is 4.10. The van der Waals surface area contributed by atoms with Crippen LogP contribution >= 0.6 is 11.6 Å². The predicted octanol–water partition coefficient (Wildman–Crippen LogP) is 2.53. The lowest BCUT2D eigenvalue weighted by molar-refractivity contribution is 0.0531. The number of hydrogen-bond acceptors (Lipinski definition) is 5. The molecule has 21 heavy (non-hydrogen) atoms. The summed E-state index contributed by atoms with van der Waals surface area (Å²) in [7, 11) is 1.57. The number of ether oxygens (including phenoxy) is 2. The Hall–Kier alpha value is -1.40. The van der Waals surface area contributed by atoms with Crippen LogP contribution in [0.3, 0.4) is 0 Å². The van der Waals surface area contributed by atoms with Crippen LogP contribution in [0.25, 0.3) is 11.2 Å². The highest BCUT2D eigenvalue weighted by Gasteiger charge is 2.18. The fraction of sp³-hybridized carbons (Fsp3) is 0.643. The quantitative estimate of drug-likeness (QED) is 0.767. The number of rotatable bonds is 6. The van der Waals surface area contributed by atoms with Crippen LogP contribution in [0.2, 0.25) is 0 Å². The van der Waals surface area contributed by atoms with Gasteiger partial charge in [-0.3, -0.25) is 0 Å². The van der Waals surface area contributed by atoms with E-state index in [1.165, 1.54) is 32.0 Å². The number of halogens is 1. The molecule has 0 atom stereocenters. The zero-order chi connectivity index (χ0) is 14.7. The van der Waals surface area contributed by atoms with Gasteiger partial charge in [0.2, 0.25) is 5.88 Å². The van der Waals surface area contributed by atoms with Crippen molar-refractivity contribution >= 4 is 22.8 Å². The minimum Gasteiger partial charge on any atom is -0.479 e. The number of aromatic nitrogens is 4. The molecule has 2 aromatic heterocycles. The highest BCUT2D eigenvalue weighted by Crippen LogP contribution is 2.23. The first-order valence-electron chi connectivity index (χ1n) is 7.25. The molecular weight excluding hydrogens is 292 g/mol. The van der Waals surface area contributed by atoms with E-state index in [1.54, 1.807) is 7.11 Å². The number of fused-ring (bicyclic) bond motifs is 1. The van der Waals surface area contributed by atoms with Gasteiger partial charge < -0.3 is 14.0 Å². The van der Waals surface area contributed by atoms with E-state index in [0.29, 0.717) is 36.5 Å². The second-order valence-electron chi connectivity index (χ2n) is 5.15. The summed E-state index contributed by atoms with van der Waals surface area (Å²) in [6.07, 6.45) is 6.77. The summed E-state index contributed by atoms with van der Waals surface area (Å²) in [5.41, 5.74) is 1.39. The minimum atomic E-state index is 0.322. The first-order valence-corrected chi connectivity index (χ1v) is 7.78. The lowest BCUT2D eigenvalue weighted by atomic mass is 10.3. The molecule has 0 N–H and O–H groups in total. The Balaban J connectivity index is 1.79. The van der Waals surface area contributed by atoms with E-state index in [9.17, 15) is 0 Å². The fourth-order valence-corrected chi connectivity index (χ4v) is 3.02. The lowest BCUT2D eigenvalue weighted by Crippen LogP contribution is -2.14. The molecule has 0 aliphatic heterocycles. The predicted molar refractivity (Wildman–Crippen MR) is 79.6 cm³/mol. The summed E-state index contributed by atoms with van der Waals surface area (Å²) >= 11 is 5.99. The smallest absolute Gasteiger partial charge is 0.245 e. The summed E-state index contributed by atoms with van der Waals surface area (Å²) in [4.78, 5) is 12.9. The monoisotopic (exact) mass is 310 g/mol. The normalized spacial score (nSPS) is 15.9. The molecule has 0 aromatic carbocycles. The topological polar surface area (TPSA) is 62.1 Å². The molecule has 1 aliphatic rings. The maximum absolute atomic E-state index is 5.99. The Labute approximate surface area is 128 Å². The molecule has 2 aromatic rings. The van der Waals surface area contributed by atoms with Gasteiger partial charge in [-0.25, -0.2) is 9.97 Å². The van der Waals surface area contributed by atoms with Gasteiger partial charge in [-0.15, -0.1) is 11.6 Å². The highest BCUT2D eigenvalue weighted by molar-refractivity contribution is 6.16. The summed E-state index contributed by atoms with van der Waals surface area (Å²) < 4.78 is 13.1. The maximum Gasteiger partial charge on any atom is 0.245 e. The molecule has 6 nitrogen and oxygen atoms in total. The van der Waals surface area contributed by atoms with Crippen molar-refractivity contribution in [1.29, 1.82) is 0 Å². The van der Waals surface area contributed by atoms with E-state index in [4.69, 9.17) is 21.1 Å². The largest absolute Gasteiger partial charge is 0.479 e. The average molecular weight is 311 g/mol. The van der Waals surface area contributed by atoms with Gasteiger partial charge in [0.25, 0.3) is 0 Å². The van der Waals surface area contributed by atoms with E-state index >= 15 is 0 Å². The van der Waals surface area contributed by atoms with Crippen LogP contribution in [0.15, 0.2) is 6.33 Å². The molecule has 0 amide bonds. The van der Waals surface area contributed by atoms with Gasteiger partial charge in [-0.1, -0.05) is 12.8 Å². The van der Waals surface area contributed by atoms with Crippen LogP contribution in [0.5, 0.6) is 5.88 Å². The van der Waals surface area contributed by atoms with Crippen molar-refractivity contribution in [2.45, 2.75) is 44.2 Å². The summed E-state index contributed by atoms with van der Waals surface area (Å²) in [6, 6.07) is 0. The number of imidazole rings is 1. The van der Waals surface area contributed by atoms with Crippen LogP contribution in [0.1, 0.15) is 31.5 Å². The summed E-state index contributed by atoms with van der Waals surface area (Å²) in [5, 5.41) is 0. The third-order valence-electron chi connectivity index (χ3n) is 3.86. The zero-order valence-electron chi connectivity index (χ0n) is 12.1. The number of methoxy groups -OCH3 is 1. The van der Waals surface area contributed by atoms with Crippen LogP contribution in [-0.4, -0.2) is 39.3 Å². The van der Waals surface area contributed by atoms with Crippen molar-refractivity contribution in [2.24, 2.45) is 0 Å². The number of nitrogens with zero attached hydrogens (tertiary/aromatic N) is 4. The average Bonchev–Trinajstić information content (AvgIpc) is 3.14. The van der Waals surface area contributed by atoms with E-state index in [0.717, 1.165) is 11.5 Å². The molecule has 0 radical (unpaired) electrons. The van der Waals surface area contributed by atoms with Crippen LogP contribution in [-0.2, 0) is 17.2 Å². The lowest BCUT2D eigenvalue weighted by Gasteiger charge is -2.12. The van der Waals surface area contributed by atoms with E-state index < -0.39 is 0 Å². The van der Waals surface area contributed by atoms with E-state index in [-0.39, 0.29) is 0 Å². The summed E-state index contributed by atoms with van der Waals surface area (Å²) in [5.74, 6) is 1.56. The first kappa shape index (κ1) is 14.5. The third kappa shape index (κ3) is 2.96. The zero-order valence-corrected chi connectivity index (χ0v) is 12.8. The molecule has 7 heteroatoms. The van der Waals surface area contributed by atoms with E-state index in [1.807, 2.05) is 4.57 Å². The van der Waals surface area contributed by atoms with Crippen molar-refractivity contribution < 1.29 is 9.47 Å². The Bertz CT molecular complexity index is 610. The van der Waals surface area contributed by atoms with Gasteiger partial charge in [-0.05, 0) is 12.8 Å². The molecule has 3 rings (SSSR count). The second-order valence-corrected chi connectivity index (χ2v) is 5.41. The van der Waals surface area contributed by atoms with Crippen molar-refractivity contribution in [3.63, 3.8) is 0 Å². The van der Waals surface area contributed by atoms with Crippen LogP contribution in [0.4, 0.5) is 0 Å². The second kappa shape index (κ2) is 6.58. The molecule has 1 fully saturated rings. The maximum atomic E-state index is 5.99. The van der Waals surface area contributed by atoms with Gasteiger partial charge in [-0.2, -0.15) is 4.98 Å². The Morgan fingerprint density at radius 3 is 2.86 bits per heavy atom. The molecule has 1 aliphatic carbocycles. The van der Waals surface area contributed by atoms with Crippen LogP contribution < -0.4 is 4.74 Å². The first-order chi connectivity index (χ1) is 10.3. The fourth-order valence-electron chi connectivity index (χ4n) is 2.81. The molecule has 0 unspecified atom stereocenters. The standard InChI is InChI=1S/C14H19ClN4O2/c1-20-14-12-13(16-9-17-14)19(11(8-15)18-12)6-7-21-10-4-2-3-5-10/h9-10H,2-8H2,1H3. The van der Waals surface area contributed by atoms with Crippen molar-refractivity contribution in [2.75, 3.05) is 13.7 Å². The van der Waals surface area contributed by atoms with Crippen molar-refractivity contribution in [3.05, 3.63) is 12.2 Å². The molecule has 2 heterocycles. The van der Waals surface area contributed by atoms with Crippen molar-refractivity contribution in [3.8, 4) is 5.88 Å². The van der Waals surface area contributed by atoms with Gasteiger partial charge in [0.05, 0.1) is 25.7 Å². The van der Waals surface area contributed by atoms with E-state index in [2.05, 4.69) is 15.0 Å². The van der Waals surface area contributed by atoms with Gasteiger partial charge >= 0.3 is 0 Å². The molecule has 0 saturated heterocycles. The molecular formula is C14H19ClN4O2. The number of alkyl halides is 1. The van der Waals surface area contributed by atoms with Crippen molar-refractivity contribution in [1.82, 2.24) is 19.5 Å². The van der Waals surface area contributed by atoms with Gasteiger partial charge in [0.15, 0.2) is 11.2 Å². The summed E-state index contributed by atoms with van der Waals surface area (Å²) in [6.45, 7) is 1.33. The van der Waals surface area contributed by atoms with Gasteiger partial charge in [0.1, 0.15) is 12.2 Å². The van der Waals surface area contributed by atoms with Crippen LogP contribution in [0, 0.1) is 0 Å². The molecule has 0 spiro atoms. The Morgan fingerprint density at radius 1 is 1.33 bits per heavy atom. The minimum absolute atomic E-state index is 0.322.